The molecule has 3 aromatic rings. The molecule has 0 aliphatic heterocycles. The van der Waals surface area contributed by atoms with Crippen molar-refractivity contribution >= 4 is 33.1 Å². The topological polar surface area (TPSA) is 113 Å². The average Bonchev–Trinajstić information content (AvgIpc) is 2.91. The molecule has 2 aromatic heterocycles. The second kappa shape index (κ2) is 5.97. The van der Waals surface area contributed by atoms with Crippen LogP contribution in [0.3, 0.4) is 0 Å². The number of nitrogen functional groups attached to an aromatic ring is 1. The van der Waals surface area contributed by atoms with Crippen LogP contribution in [0.15, 0.2) is 18.2 Å². The smallest absolute Gasteiger partial charge is 0.260 e. The second-order valence-corrected chi connectivity index (χ2v) is 6.09. The first-order valence-corrected chi connectivity index (χ1v) is 7.86. The number of carbonyl (C=O) groups is 1. The highest BCUT2D eigenvalue weighted by atomic mass is 32.1. The van der Waals surface area contributed by atoms with Crippen LogP contribution in [-0.2, 0) is 0 Å². The predicted octanol–water partition coefficient (Wildman–Crippen LogP) is 2.37. The highest BCUT2D eigenvalue weighted by Gasteiger charge is 2.19. The summed E-state index contributed by atoms with van der Waals surface area (Å²) in [5, 5.41) is 0.665. The van der Waals surface area contributed by atoms with Gasteiger partial charge in [0.25, 0.3) is 5.91 Å². The fourth-order valence-corrected chi connectivity index (χ4v) is 3.48. The lowest BCUT2D eigenvalue weighted by Gasteiger charge is -2.09. The molecular formula is C16H16N4O3S. The van der Waals surface area contributed by atoms with Crippen molar-refractivity contribution in [3.8, 4) is 22.9 Å². The number of hydrogen-bond acceptors (Lipinski definition) is 7. The van der Waals surface area contributed by atoms with Gasteiger partial charge in [-0.15, -0.1) is 11.3 Å². The summed E-state index contributed by atoms with van der Waals surface area (Å²) >= 11 is 1.17. The van der Waals surface area contributed by atoms with Crippen LogP contribution in [0.2, 0.25) is 0 Å². The Bertz CT molecular complexity index is 952. The van der Waals surface area contributed by atoms with Crippen molar-refractivity contribution < 1.29 is 14.3 Å². The van der Waals surface area contributed by atoms with Gasteiger partial charge in [0.15, 0.2) is 17.3 Å². The van der Waals surface area contributed by atoms with E-state index in [9.17, 15) is 4.79 Å². The largest absolute Gasteiger partial charge is 0.493 e. The first kappa shape index (κ1) is 16.0. The van der Waals surface area contributed by atoms with Crippen molar-refractivity contribution in [2.45, 2.75) is 6.92 Å². The van der Waals surface area contributed by atoms with E-state index in [-0.39, 0.29) is 0 Å². The third kappa shape index (κ3) is 2.50. The van der Waals surface area contributed by atoms with Crippen molar-refractivity contribution in [2.75, 3.05) is 20.0 Å². The van der Waals surface area contributed by atoms with Crippen molar-refractivity contribution in [3.05, 3.63) is 28.8 Å². The molecule has 0 saturated carbocycles. The van der Waals surface area contributed by atoms with E-state index in [0.717, 1.165) is 5.56 Å². The summed E-state index contributed by atoms with van der Waals surface area (Å²) in [4.78, 5) is 21.4. The minimum absolute atomic E-state index is 0.298. The van der Waals surface area contributed by atoms with Gasteiger partial charge in [-0.1, -0.05) is 0 Å². The number of carbonyl (C=O) groups excluding carboxylic acids is 1. The van der Waals surface area contributed by atoms with E-state index >= 15 is 0 Å². The number of fused-ring (bicyclic) bond motifs is 1. The van der Waals surface area contributed by atoms with Gasteiger partial charge in [0.1, 0.15) is 9.71 Å². The number of anilines is 1. The molecule has 7 nitrogen and oxygen atoms in total. The second-order valence-electron chi connectivity index (χ2n) is 5.09. The molecule has 2 heterocycles. The molecular weight excluding hydrogens is 328 g/mol. The van der Waals surface area contributed by atoms with E-state index in [1.165, 1.54) is 11.3 Å². The first-order chi connectivity index (χ1) is 11.5. The average molecular weight is 344 g/mol. The van der Waals surface area contributed by atoms with Gasteiger partial charge in [-0.2, -0.15) is 0 Å². The van der Waals surface area contributed by atoms with E-state index < -0.39 is 5.91 Å². The zero-order valence-corrected chi connectivity index (χ0v) is 14.2. The zero-order chi connectivity index (χ0) is 17.4. The third-order valence-corrected chi connectivity index (χ3v) is 4.75. The Morgan fingerprint density at radius 1 is 1.17 bits per heavy atom. The fraction of sp³-hybridized carbons (Fsp3) is 0.188. The van der Waals surface area contributed by atoms with E-state index in [2.05, 4.69) is 9.97 Å². The van der Waals surface area contributed by atoms with Gasteiger partial charge < -0.3 is 20.9 Å². The van der Waals surface area contributed by atoms with E-state index in [0.29, 0.717) is 43.8 Å². The molecule has 1 aromatic carbocycles. The van der Waals surface area contributed by atoms with E-state index in [1.54, 1.807) is 26.4 Å². The van der Waals surface area contributed by atoms with Gasteiger partial charge in [-0.25, -0.2) is 9.97 Å². The highest BCUT2D eigenvalue weighted by molar-refractivity contribution is 7.21. The summed E-state index contributed by atoms with van der Waals surface area (Å²) in [6.07, 6.45) is 0. The standard InChI is InChI=1S/C16H16N4O3S/c1-7-11-12(17)13(14(18)21)24-16(11)20-15(19-7)8-4-5-9(22-2)10(6-8)23-3/h4-6H,17H2,1-3H3,(H2,18,21). The van der Waals surface area contributed by atoms with E-state index in [4.69, 9.17) is 20.9 Å². The van der Waals surface area contributed by atoms with Crippen LogP contribution in [0.1, 0.15) is 15.4 Å². The van der Waals surface area contributed by atoms with Crippen LogP contribution in [0.4, 0.5) is 5.69 Å². The molecule has 0 aliphatic rings. The van der Waals surface area contributed by atoms with Gasteiger partial charge in [0, 0.05) is 5.56 Å². The lowest BCUT2D eigenvalue weighted by molar-refractivity contribution is 0.100. The molecule has 0 radical (unpaired) electrons. The minimum Gasteiger partial charge on any atom is -0.493 e. The van der Waals surface area contributed by atoms with Crippen LogP contribution in [0.25, 0.3) is 21.6 Å². The molecule has 4 N–H and O–H groups in total. The van der Waals surface area contributed by atoms with Crippen LogP contribution < -0.4 is 20.9 Å². The molecule has 24 heavy (non-hydrogen) atoms. The van der Waals surface area contributed by atoms with Crippen molar-refractivity contribution in [2.24, 2.45) is 5.73 Å². The first-order valence-electron chi connectivity index (χ1n) is 7.05. The lowest BCUT2D eigenvalue weighted by Crippen LogP contribution is -2.10. The predicted molar refractivity (Wildman–Crippen MR) is 93.6 cm³/mol. The quantitative estimate of drug-likeness (QED) is 0.751. The minimum atomic E-state index is -0.567. The molecule has 0 unspecified atom stereocenters. The summed E-state index contributed by atoms with van der Waals surface area (Å²) in [6.45, 7) is 1.82. The van der Waals surface area contributed by atoms with E-state index in [1.807, 2.05) is 13.0 Å². The normalized spacial score (nSPS) is 10.8. The molecule has 0 saturated heterocycles. The van der Waals surface area contributed by atoms with Crippen molar-refractivity contribution in [1.82, 2.24) is 9.97 Å². The van der Waals surface area contributed by atoms with Gasteiger partial charge >= 0.3 is 0 Å². The molecule has 0 aliphatic carbocycles. The Morgan fingerprint density at radius 2 is 1.88 bits per heavy atom. The lowest BCUT2D eigenvalue weighted by atomic mass is 10.1. The van der Waals surface area contributed by atoms with Crippen molar-refractivity contribution in [1.29, 1.82) is 0 Å². The number of ether oxygens (including phenoxy) is 2. The number of rotatable bonds is 4. The molecule has 0 fully saturated rings. The Balaban J connectivity index is 2.19. The zero-order valence-electron chi connectivity index (χ0n) is 13.4. The van der Waals surface area contributed by atoms with Gasteiger partial charge in [0.2, 0.25) is 0 Å². The molecule has 0 spiro atoms. The van der Waals surface area contributed by atoms with Crippen LogP contribution in [-0.4, -0.2) is 30.1 Å². The Hall–Kier alpha value is -2.87. The number of amides is 1. The SMILES string of the molecule is COc1ccc(-c2nc(C)c3c(N)c(C(N)=O)sc3n2)cc1OC. The van der Waals surface area contributed by atoms with Crippen LogP contribution >= 0.6 is 11.3 Å². The summed E-state index contributed by atoms with van der Waals surface area (Å²) < 4.78 is 10.5. The van der Waals surface area contributed by atoms with Gasteiger partial charge in [-0.3, -0.25) is 4.79 Å². The molecule has 124 valence electrons. The number of nitrogens with two attached hydrogens (primary N) is 2. The summed E-state index contributed by atoms with van der Waals surface area (Å²) in [5.41, 5.74) is 13.2. The maximum absolute atomic E-state index is 11.5. The highest BCUT2D eigenvalue weighted by Crippen LogP contribution is 2.36. The third-order valence-electron chi connectivity index (χ3n) is 3.63. The Kier molecular flexibility index (Phi) is 3.98. The van der Waals surface area contributed by atoms with Crippen LogP contribution in [0.5, 0.6) is 11.5 Å². The number of methoxy groups -OCH3 is 2. The molecule has 1 amide bonds. The number of nitrogens with zero attached hydrogens (tertiary/aromatic N) is 2. The fourth-order valence-electron chi connectivity index (χ4n) is 2.48. The monoisotopic (exact) mass is 344 g/mol. The number of aryl methyl sites for hydroxylation is 1. The molecule has 8 heteroatoms. The number of thiophene rings is 1. The molecule has 0 bridgehead atoms. The summed E-state index contributed by atoms with van der Waals surface area (Å²) in [5.74, 6) is 1.15. The molecule has 3 rings (SSSR count). The summed E-state index contributed by atoms with van der Waals surface area (Å²) in [7, 11) is 3.14. The van der Waals surface area contributed by atoms with Crippen LogP contribution in [0, 0.1) is 6.92 Å². The Morgan fingerprint density at radius 3 is 2.50 bits per heavy atom. The van der Waals surface area contributed by atoms with Gasteiger partial charge in [0.05, 0.1) is 31.0 Å². The summed E-state index contributed by atoms with van der Waals surface area (Å²) in [6, 6.07) is 5.42. The number of hydrogen-bond donors (Lipinski definition) is 2. The number of aromatic nitrogens is 2. The number of primary amides is 1. The van der Waals surface area contributed by atoms with Crippen molar-refractivity contribution in [3.63, 3.8) is 0 Å². The number of benzene rings is 1. The van der Waals surface area contributed by atoms with Gasteiger partial charge in [-0.05, 0) is 25.1 Å². The maximum atomic E-state index is 11.5. The maximum Gasteiger partial charge on any atom is 0.260 e. The Labute approximate surface area is 142 Å². The molecule has 0 atom stereocenters.